The Morgan fingerprint density at radius 2 is 1.83 bits per heavy atom. The van der Waals surface area contributed by atoms with Crippen molar-refractivity contribution < 1.29 is 14.6 Å². The van der Waals surface area contributed by atoms with Crippen LogP contribution in [0.1, 0.15) is 55.3 Å². The van der Waals surface area contributed by atoms with E-state index < -0.39 is 5.97 Å². The molecule has 1 aromatic heterocycles. The number of rotatable bonds is 9. The average Bonchev–Trinajstić information content (AvgIpc) is 3.35. The minimum Gasteiger partial charge on any atom is -0.492 e. The zero-order valence-corrected chi connectivity index (χ0v) is 20.4. The lowest BCUT2D eigenvalue weighted by Crippen LogP contribution is -2.32. The number of aromatic nitrogens is 2. The van der Waals surface area contributed by atoms with Gasteiger partial charge in [0.25, 0.3) is 0 Å². The topological polar surface area (TPSA) is 75.6 Å². The maximum Gasteiger partial charge on any atom is 0.303 e. The van der Waals surface area contributed by atoms with Crippen LogP contribution in [0.15, 0.2) is 42.5 Å². The van der Waals surface area contributed by atoms with Crippen molar-refractivity contribution in [2.75, 3.05) is 24.6 Å². The van der Waals surface area contributed by atoms with Crippen LogP contribution in [0.25, 0.3) is 22.5 Å². The van der Waals surface area contributed by atoms with Gasteiger partial charge in [-0.1, -0.05) is 54.8 Å². The van der Waals surface area contributed by atoms with Crippen LogP contribution >= 0.6 is 0 Å². The lowest BCUT2D eigenvalue weighted by Gasteiger charge is -2.30. The van der Waals surface area contributed by atoms with Gasteiger partial charge in [-0.2, -0.15) is 0 Å². The summed E-state index contributed by atoms with van der Waals surface area (Å²) in [5.74, 6) is 1.23. The molecule has 0 spiro atoms. The fourth-order valence-electron chi connectivity index (χ4n) is 5.08. The lowest BCUT2D eigenvalue weighted by atomic mass is 9.99. The molecule has 3 aromatic rings. The number of aliphatic carboxylic acids is 1. The Morgan fingerprint density at radius 3 is 2.66 bits per heavy atom. The van der Waals surface area contributed by atoms with Gasteiger partial charge in [0.1, 0.15) is 11.4 Å². The Morgan fingerprint density at radius 1 is 1.00 bits per heavy atom. The zero-order valence-electron chi connectivity index (χ0n) is 20.4. The third kappa shape index (κ3) is 5.16. The Hall–Kier alpha value is -3.41. The highest BCUT2D eigenvalue weighted by Crippen LogP contribution is 2.41. The predicted molar refractivity (Wildman–Crippen MR) is 138 cm³/mol. The largest absolute Gasteiger partial charge is 0.492 e. The number of carboxylic acid groups (broad SMARTS) is 1. The van der Waals surface area contributed by atoms with Crippen molar-refractivity contribution in [2.45, 2.75) is 58.3 Å². The monoisotopic (exact) mass is 471 g/mol. The summed E-state index contributed by atoms with van der Waals surface area (Å²) in [4.78, 5) is 23.6. The third-order valence-corrected chi connectivity index (χ3v) is 6.95. The minimum absolute atomic E-state index is 0.258. The van der Waals surface area contributed by atoms with E-state index >= 15 is 0 Å². The second-order valence-electron chi connectivity index (χ2n) is 9.60. The average molecular weight is 472 g/mol. The number of para-hydroxylation sites is 1. The van der Waals surface area contributed by atoms with Gasteiger partial charge in [0.05, 0.1) is 18.0 Å². The highest BCUT2D eigenvalue weighted by Gasteiger charge is 2.26. The van der Waals surface area contributed by atoms with E-state index in [4.69, 9.17) is 19.8 Å². The first-order valence-corrected chi connectivity index (χ1v) is 12.8. The van der Waals surface area contributed by atoms with Gasteiger partial charge in [-0.25, -0.2) is 9.97 Å². The molecular weight excluding hydrogens is 438 g/mol. The molecule has 2 aliphatic heterocycles. The van der Waals surface area contributed by atoms with Gasteiger partial charge >= 0.3 is 5.97 Å². The van der Waals surface area contributed by atoms with E-state index in [2.05, 4.69) is 54.3 Å². The molecule has 0 unspecified atom stereocenters. The smallest absolute Gasteiger partial charge is 0.303 e. The number of carboxylic acids is 1. The fourth-order valence-corrected chi connectivity index (χ4v) is 5.08. The quantitative estimate of drug-likeness (QED) is 0.395. The van der Waals surface area contributed by atoms with Crippen molar-refractivity contribution in [1.82, 2.24) is 9.97 Å². The third-order valence-electron chi connectivity index (χ3n) is 6.95. The SMILES string of the molecule is Cc1ccc(-c2nc3c(nc2-c2cccc4c2OCC4)CCCN3CCCCCCC(=O)O)cc1. The predicted octanol–water partition coefficient (Wildman–Crippen LogP) is 5.84. The molecule has 6 heteroatoms. The van der Waals surface area contributed by atoms with E-state index in [1.807, 2.05) is 0 Å². The Kier molecular flexibility index (Phi) is 6.98. The van der Waals surface area contributed by atoms with E-state index in [0.717, 1.165) is 97.8 Å². The molecule has 182 valence electrons. The number of hydrogen-bond donors (Lipinski definition) is 1. The summed E-state index contributed by atoms with van der Waals surface area (Å²) < 4.78 is 6.04. The van der Waals surface area contributed by atoms with Crippen LogP contribution in [0.3, 0.4) is 0 Å². The molecule has 0 atom stereocenters. The molecule has 2 aromatic carbocycles. The number of hydrogen-bond acceptors (Lipinski definition) is 5. The van der Waals surface area contributed by atoms with Crippen LogP contribution in [0.5, 0.6) is 5.75 Å². The highest BCUT2D eigenvalue weighted by atomic mass is 16.5. The second-order valence-corrected chi connectivity index (χ2v) is 9.60. The molecule has 6 nitrogen and oxygen atoms in total. The number of nitrogens with zero attached hydrogens (tertiary/aromatic N) is 3. The van der Waals surface area contributed by atoms with Crippen LogP contribution in [0.2, 0.25) is 0 Å². The van der Waals surface area contributed by atoms with Crippen molar-refractivity contribution in [1.29, 1.82) is 0 Å². The van der Waals surface area contributed by atoms with Crippen LogP contribution in [0.4, 0.5) is 5.82 Å². The number of benzene rings is 2. The molecule has 0 saturated heterocycles. The van der Waals surface area contributed by atoms with Gasteiger partial charge in [0.15, 0.2) is 5.82 Å². The van der Waals surface area contributed by atoms with Crippen LogP contribution in [-0.2, 0) is 17.6 Å². The molecule has 0 amide bonds. The van der Waals surface area contributed by atoms with E-state index in [1.165, 1.54) is 11.1 Å². The first kappa shape index (κ1) is 23.3. The van der Waals surface area contributed by atoms with E-state index in [1.54, 1.807) is 0 Å². The van der Waals surface area contributed by atoms with Crippen molar-refractivity contribution in [2.24, 2.45) is 0 Å². The molecule has 35 heavy (non-hydrogen) atoms. The molecule has 0 fully saturated rings. The molecule has 5 rings (SSSR count). The molecule has 0 bridgehead atoms. The van der Waals surface area contributed by atoms with Gasteiger partial charge in [-0.15, -0.1) is 0 Å². The molecule has 2 aliphatic rings. The standard InChI is InChI=1S/C29H33N3O3/c1-20-12-14-21(15-13-20)26-27(23-9-6-8-22-16-19-35-28(22)23)30-24-10-7-18-32(29(24)31-26)17-5-3-2-4-11-25(33)34/h6,8-9,12-15H,2-5,7,10-11,16-19H2,1H3,(H,33,34). The summed E-state index contributed by atoms with van der Waals surface area (Å²) in [5, 5.41) is 8.84. The zero-order chi connectivity index (χ0) is 24.2. The van der Waals surface area contributed by atoms with Crippen molar-refractivity contribution in [3.8, 4) is 28.3 Å². The molecule has 0 radical (unpaired) electrons. The van der Waals surface area contributed by atoms with E-state index in [-0.39, 0.29) is 6.42 Å². The summed E-state index contributed by atoms with van der Waals surface area (Å²) in [6, 6.07) is 14.9. The van der Waals surface area contributed by atoms with Gasteiger partial charge in [-0.3, -0.25) is 4.79 Å². The van der Waals surface area contributed by atoms with Crippen LogP contribution < -0.4 is 9.64 Å². The number of ether oxygens (including phenoxy) is 1. The lowest BCUT2D eigenvalue weighted by molar-refractivity contribution is -0.137. The first-order valence-electron chi connectivity index (χ1n) is 12.8. The van der Waals surface area contributed by atoms with Crippen molar-refractivity contribution in [3.05, 3.63) is 59.3 Å². The van der Waals surface area contributed by atoms with E-state index in [9.17, 15) is 4.79 Å². The van der Waals surface area contributed by atoms with Gasteiger partial charge in [0, 0.05) is 37.1 Å². The maximum absolute atomic E-state index is 10.7. The minimum atomic E-state index is -0.709. The summed E-state index contributed by atoms with van der Waals surface area (Å²) >= 11 is 0. The summed E-state index contributed by atoms with van der Waals surface area (Å²) in [5.41, 5.74) is 7.42. The normalized spacial score (nSPS) is 14.4. The van der Waals surface area contributed by atoms with Gasteiger partial charge in [-0.05, 0) is 44.2 Å². The number of unbranched alkanes of at least 4 members (excludes halogenated alkanes) is 3. The Balaban J connectivity index is 1.47. The van der Waals surface area contributed by atoms with Crippen molar-refractivity contribution in [3.63, 3.8) is 0 Å². The van der Waals surface area contributed by atoms with E-state index in [0.29, 0.717) is 6.61 Å². The van der Waals surface area contributed by atoms with Crippen LogP contribution in [-0.4, -0.2) is 40.7 Å². The molecule has 3 heterocycles. The number of aryl methyl sites for hydroxylation is 2. The molecule has 0 saturated carbocycles. The number of fused-ring (bicyclic) bond motifs is 2. The van der Waals surface area contributed by atoms with Gasteiger partial charge in [0.2, 0.25) is 0 Å². The number of anilines is 1. The Bertz CT molecular complexity index is 1210. The molecule has 0 aliphatic carbocycles. The maximum atomic E-state index is 10.7. The highest BCUT2D eigenvalue weighted by molar-refractivity contribution is 5.83. The molecule has 1 N–H and O–H groups in total. The Labute approximate surface area is 207 Å². The first-order chi connectivity index (χ1) is 17.1. The summed E-state index contributed by atoms with van der Waals surface area (Å²) in [7, 11) is 0. The number of carbonyl (C=O) groups is 1. The summed E-state index contributed by atoms with van der Waals surface area (Å²) in [6.07, 6.45) is 6.93. The van der Waals surface area contributed by atoms with Crippen molar-refractivity contribution >= 4 is 11.8 Å². The second kappa shape index (κ2) is 10.5. The van der Waals surface area contributed by atoms with Gasteiger partial charge < -0.3 is 14.7 Å². The van der Waals surface area contributed by atoms with Crippen LogP contribution in [0, 0.1) is 6.92 Å². The fraction of sp³-hybridized carbons (Fsp3) is 0.414. The summed E-state index contributed by atoms with van der Waals surface area (Å²) in [6.45, 7) is 4.71. The molecular formula is C29H33N3O3.